The number of carbonyl (C=O) groups is 3. The SMILES string of the molecule is Cc1ccc2nc(NC(=O)CN3C(=O)[C@H]4[C@H](C3=O)[C@H]3C=C[C@H]4C3)sc2c1. The number of amides is 3. The first kappa shape index (κ1) is 15.7. The number of anilines is 1. The topological polar surface area (TPSA) is 79.4 Å². The predicted octanol–water partition coefficient (Wildman–Crippen LogP) is 2.35. The van der Waals surface area contributed by atoms with Crippen LogP contribution in [0, 0.1) is 30.6 Å². The number of hydrogen-bond donors (Lipinski definition) is 1. The van der Waals surface area contributed by atoms with Gasteiger partial charge in [0, 0.05) is 0 Å². The Bertz CT molecular complexity index is 965. The zero-order valence-electron chi connectivity index (χ0n) is 14.1. The smallest absolute Gasteiger partial charge is 0.246 e. The number of nitrogens with zero attached hydrogens (tertiary/aromatic N) is 2. The quantitative estimate of drug-likeness (QED) is 0.667. The second-order valence-electron chi connectivity index (χ2n) is 7.30. The van der Waals surface area contributed by atoms with E-state index >= 15 is 0 Å². The van der Waals surface area contributed by atoms with Gasteiger partial charge in [0.25, 0.3) is 0 Å². The molecular weight excluding hydrogens is 350 g/mol. The number of aryl methyl sites for hydroxylation is 1. The highest BCUT2D eigenvalue weighted by Gasteiger charge is 2.59. The standard InChI is InChI=1S/C19H17N3O3S/c1-9-2-5-12-13(6-9)26-19(20-12)21-14(23)8-22-17(24)15-10-3-4-11(7-10)16(15)18(22)25/h2-6,10-11,15-16H,7-8H2,1H3,(H,20,21,23)/t10-,11-,15+,16+/m0/s1. The van der Waals surface area contributed by atoms with Crippen LogP contribution in [-0.2, 0) is 14.4 Å². The number of nitrogens with one attached hydrogen (secondary N) is 1. The molecule has 1 N–H and O–H groups in total. The van der Waals surface area contributed by atoms with E-state index in [1.54, 1.807) is 0 Å². The van der Waals surface area contributed by atoms with E-state index in [1.165, 1.54) is 11.3 Å². The normalized spacial score (nSPS) is 29.0. The molecule has 4 atom stereocenters. The van der Waals surface area contributed by atoms with Crippen LogP contribution in [0.2, 0.25) is 0 Å². The van der Waals surface area contributed by atoms with Crippen molar-refractivity contribution < 1.29 is 14.4 Å². The fourth-order valence-electron chi connectivity index (χ4n) is 4.51. The lowest BCUT2D eigenvalue weighted by Gasteiger charge is -2.16. The van der Waals surface area contributed by atoms with Gasteiger partial charge in [-0.05, 0) is 42.9 Å². The largest absolute Gasteiger partial charge is 0.300 e. The van der Waals surface area contributed by atoms with Gasteiger partial charge in [-0.25, -0.2) is 4.98 Å². The van der Waals surface area contributed by atoms with E-state index in [-0.39, 0.29) is 47.9 Å². The molecule has 0 radical (unpaired) electrons. The number of fused-ring (bicyclic) bond motifs is 6. The van der Waals surface area contributed by atoms with Gasteiger partial charge in [-0.2, -0.15) is 0 Å². The third kappa shape index (κ3) is 2.23. The fraction of sp³-hybridized carbons (Fsp3) is 0.368. The minimum atomic E-state index is -0.386. The molecule has 7 heteroatoms. The number of imide groups is 1. The van der Waals surface area contributed by atoms with E-state index in [1.807, 2.05) is 37.3 Å². The minimum absolute atomic E-state index is 0.155. The number of rotatable bonds is 3. The summed E-state index contributed by atoms with van der Waals surface area (Å²) in [6.45, 7) is 1.76. The lowest BCUT2D eigenvalue weighted by molar-refractivity contribution is -0.143. The van der Waals surface area contributed by atoms with Gasteiger partial charge >= 0.3 is 0 Å². The van der Waals surface area contributed by atoms with E-state index in [0.717, 1.165) is 27.1 Å². The Morgan fingerprint density at radius 2 is 1.92 bits per heavy atom. The maximum Gasteiger partial charge on any atom is 0.246 e. The van der Waals surface area contributed by atoms with E-state index in [4.69, 9.17) is 0 Å². The molecule has 2 aromatic rings. The molecular formula is C19H17N3O3S. The van der Waals surface area contributed by atoms with Crippen molar-refractivity contribution in [3.63, 3.8) is 0 Å². The zero-order valence-corrected chi connectivity index (χ0v) is 15.0. The molecule has 5 rings (SSSR count). The molecule has 3 amide bonds. The molecule has 0 spiro atoms. The molecule has 1 saturated heterocycles. The molecule has 6 nitrogen and oxygen atoms in total. The summed E-state index contributed by atoms with van der Waals surface area (Å²) in [7, 11) is 0. The molecule has 1 aromatic heterocycles. The van der Waals surface area contributed by atoms with Gasteiger partial charge in [-0.3, -0.25) is 19.3 Å². The number of carbonyl (C=O) groups excluding carboxylic acids is 3. The van der Waals surface area contributed by atoms with Gasteiger partial charge in [-0.1, -0.05) is 29.6 Å². The number of benzene rings is 1. The molecule has 26 heavy (non-hydrogen) atoms. The van der Waals surface area contributed by atoms with Gasteiger partial charge in [0.1, 0.15) is 6.54 Å². The number of likely N-dealkylation sites (tertiary alicyclic amines) is 1. The number of thiazole rings is 1. The summed E-state index contributed by atoms with van der Waals surface area (Å²) in [6.07, 6.45) is 4.98. The highest BCUT2D eigenvalue weighted by atomic mass is 32.1. The number of aromatic nitrogens is 1. The lowest BCUT2D eigenvalue weighted by Crippen LogP contribution is -2.39. The second-order valence-corrected chi connectivity index (χ2v) is 8.33. The summed E-state index contributed by atoms with van der Waals surface area (Å²) in [6, 6.07) is 5.89. The van der Waals surface area contributed by atoms with Crippen LogP contribution < -0.4 is 5.32 Å². The van der Waals surface area contributed by atoms with Crippen LogP contribution in [-0.4, -0.2) is 34.2 Å². The van der Waals surface area contributed by atoms with Crippen LogP contribution in [0.5, 0.6) is 0 Å². The van der Waals surface area contributed by atoms with Crippen molar-refractivity contribution in [2.24, 2.45) is 23.7 Å². The molecule has 1 saturated carbocycles. The summed E-state index contributed by atoms with van der Waals surface area (Å²) in [5.74, 6) is -1.02. The van der Waals surface area contributed by atoms with E-state index in [2.05, 4.69) is 10.3 Å². The molecule has 2 bridgehead atoms. The third-order valence-electron chi connectivity index (χ3n) is 5.65. The first-order chi connectivity index (χ1) is 12.5. The maximum atomic E-state index is 12.6. The summed E-state index contributed by atoms with van der Waals surface area (Å²) < 4.78 is 0.991. The Kier molecular flexibility index (Phi) is 3.31. The number of hydrogen-bond acceptors (Lipinski definition) is 5. The summed E-state index contributed by atoms with van der Waals surface area (Å²) in [4.78, 5) is 43.2. The molecule has 2 heterocycles. The van der Waals surface area contributed by atoms with Crippen molar-refractivity contribution >= 4 is 44.4 Å². The molecule has 132 valence electrons. The van der Waals surface area contributed by atoms with Crippen molar-refractivity contribution in [2.75, 3.05) is 11.9 Å². The van der Waals surface area contributed by atoms with Crippen molar-refractivity contribution in [1.82, 2.24) is 9.88 Å². The van der Waals surface area contributed by atoms with E-state index in [0.29, 0.717) is 5.13 Å². The summed E-state index contributed by atoms with van der Waals surface area (Å²) >= 11 is 1.39. The second kappa shape index (κ2) is 5.48. The minimum Gasteiger partial charge on any atom is -0.300 e. The Balaban J connectivity index is 1.31. The zero-order chi connectivity index (χ0) is 18.0. The lowest BCUT2D eigenvalue weighted by atomic mass is 9.85. The van der Waals surface area contributed by atoms with Crippen LogP contribution in [0.4, 0.5) is 5.13 Å². The highest BCUT2D eigenvalue weighted by molar-refractivity contribution is 7.22. The van der Waals surface area contributed by atoms with Crippen molar-refractivity contribution in [3.8, 4) is 0 Å². The van der Waals surface area contributed by atoms with Crippen LogP contribution in [0.3, 0.4) is 0 Å². The molecule has 0 unspecified atom stereocenters. The molecule has 1 aliphatic heterocycles. The molecule has 3 aliphatic rings. The predicted molar refractivity (Wildman–Crippen MR) is 97.4 cm³/mol. The third-order valence-corrected chi connectivity index (χ3v) is 6.59. The first-order valence-corrected chi connectivity index (χ1v) is 9.53. The van der Waals surface area contributed by atoms with Gasteiger partial charge < -0.3 is 5.32 Å². The van der Waals surface area contributed by atoms with E-state index in [9.17, 15) is 14.4 Å². The Morgan fingerprint density at radius 1 is 1.23 bits per heavy atom. The Morgan fingerprint density at radius 3 is 2.62 bits per heavy atom. The number of allylic oxidation sites excluding steroid dienone is 2. The summed E-state index contributed by atoms with van der Waals surface area (Å²) in [5.41, 5.74) is 1.95. The van der Waals surface area contributed by atoms with Crippen LogP contribution in [0.15, 0.2) is 30.4 Å². The molecule has 2 aliphatic carbocycles. The van der Waals surface area contributed by atoms with Gasteiger partial charge in [-0.15, -0.1) is 0 Å². The molecule has 2 fully saturated rings. The summed E-state index contributed by atoms with van der Waals surface area (Å²) in [5, 5.41) is 3.21. The Hall–Kier alpha value is -2.54. The van der Waals surface area contributed by atoms with Crippen LogP contribution >= 0.6 is 11.3 Å². The average molecular weight is 367 g/mol. The first-order valence-electron chi connectivity index (χ1n) is 8.72. The van der Waals surface area contributed by atoms with Crippen molar-refractivity contribution in [2.45, 2.75) is 13.3 Å². The highest BCUT2D eigenvalue weighted by Crippen LogP contribution is 2.52. The average Bonchev–Trinajstić information content (AvgIpc) is 3.34. The van der Waals surface area contributed by atoms with Crippen LogP contribution in [0.1, 0.15) is 12.0 Å². The fourth-order valence-corrected chi connectivity index (χ4v) is 5.49. The monoisotopic (exact) mass is 367 g/mol. The van der Waals surface area contributed by atoms with E-state index < -0.39 is 0 Å². The van der Waals surface area contributed by atoms with Crippen LogP contribution in [0.25, 0.3) is 10.2 Å². The van der Waals surface area contributed by atoms with Gasteiger partial charge in [0.2, 0.25) is 17.7 Å². The van der Waals surface area contributed by atoms with Gasteiger partial charge in [0.05, 0.1) is 22.1 Å². The van der Waals surface area contributed by atoms with Crippen molar-refractivity contribution in [1.29, 1.82) is 0 Å². The van der Waals surface area contributed by atoms with Crippen molar-refractivity contribution in [3.05, 3.63) is 35.9 Å². The maximum absolute atomic E-state index is 12.6. The Labute approximate surface area is 153 Å². The molecule has 1 aromatic carbocycles. The van der Waals surface area contributed by atoms with Gasteiger partial charge in [0.15, 0.2) is 5.13 Å².